The Morgan fingerprint density at radius 2 is 2.17 bits per heavy atom. The Morgan fingerprint density at radius 1 is 1.39 bits per heavy atom. The zero-order valence-corrected chi connectivity index (χ0v) is 14.5. The van der Waals surface area contributed by atoms with Gasteiger partial charge >= 0.3 is 0 Å². The molecular formula is C15H18N4O2S2. The molecule has 23 heavy (non-hydrogen) atoms. The Hall–Kier alpha value is -2.06. The van der Waals surface area contributed by atoms with E-state index in [4.69, 9.17) is 0 Å². The SMILES string of the molecule is C=CCC(=O)NC(c1nc(C(=O)Nc2nccs2)cs1)C(C)C. The van der Waals surface area contributed by atoms with Gasteiger partial charge in [0.15, 0.2) is 5.13 Å². The number of thiazole rings is 2. The fourth-order valence-corrected chi connectivity index (χ4v) is 3.40. The molecule has 0 fully saturated rings. The van der Waals surface area contributed by atoms with Gasteiger partial charge in [-0.15, -0.1) is 29.3 Å². The molecule has 2 amide bonds. The van der Waals surface area contributed by atoms with Gasteiger partial charge in [0.05, 0.1) is 6.04 Å². The Labute approximate surface area is 142 Å². The van der Waals surface area contributed by atoms with E-state index in [2.05, 4.69) is 27.2 Å². The highest BCUT2D eigenvalue weighted by molar-refractivity contribution is 7.13. The first kappa shape index (κ1) is 17.3. The minimum absolute atomic E-state index is 0.109. The first-order valence-electron chi connectivity index (χ1n) is 7.07. The van der Waals surface area contributed by atoms with E-state index in [9.17, 15) is 9.59 Å². The Morgan fingerprint density at radius 3 is 2.78 bits per heavy atom. The third-order valence-electron chi connectivity index (χ3n) is 2.99. The van der Waals surface area contributed by atoms with E-state index in [0.717, 1.165) is 0 Å². The van der Waals surface area contributed by atoms with E-state index in [-0.39, 0.29) is 30.2 Å². The standard InChI is InChI=1S/C15H18N4O2S2/c1-4-5-11(20)18-12(9(2)3)14-17-10(8-23-14)13(21)19-15-16-6-7-22-15/h4,6-9,12H,1,5H2,2-3H3,(H,18,20)(H,16,19,21). The number of carbonyl (C=O) groups is 2. The number of anilines is 1. The second-order valence-corrected chi connectivity index (χ2v) is 6.93. The van der Waals surface area contributed by atoms with Crippen LogP contribution in [0.25, 0.3) is 0 Å². The number of amides is 2. The lowest BCUT2D eigenvalue weighted by Crippen LogP contribution is -2.31. The van der Waals surface area contributed by atoms with Crippen LogP contribution in [0.5, 0.6) is 0 Å². The van der Waals surface area contributed by atoms with Crippen molar-refractivity contribution in [3.05, 3.63) is 40.3 Å². The number of aromatic nitrogens is 2. The Balaban J connectivity index is 2.09. The maximum absolute atomic E-state index is 12.1. The zero-order valence-electron chi connectivity index (χ0n) is 12.9. The van der Waals surface area contributed by atoms with Crippen molar-refractivity contribution in [3.8, 4) is 0 Å². The molecule has 0 saturated carbocycles. The quantitative estimate of drug-likeness (QED) is 0.751. The monoisotopic (exact) mass is 350 g/mol. The maximum Gasteiger partial charge on any atom is 0.276 e. The summed E-state index contributed by atoms with van der Waals surface area (Å²) in [6.07, 6.45) is 3.43. The third kappa shape index (κ3) is 4.70. The van der Waals surface area contributed by atoms with Gasteiger partial charge in [0.2, 0.25) is 5.91 Å². The van der Waals surface area contributed by atoms with E-state index >= 15 is 0 Å². The summed E-state index contributed by atoms with van der Waals surface area (Å²) in [5.74, 6) is -0.255. The molecule has 6 nitrogen and oxygen atoms in total. The summed E-state index contributed by atoms with van der Waals surface area (Å²) in [5, 5.41) is 10.3. The molecule has 0 radical (unpaired) electrons. The van der Waals surface area contributed by atoms with Crippen LogP contribution in [0.2, 0.25) is 0 Å². The smallest absolute Gasteiger partial charge is 0.276 e. The largest absolute Gasteiger partial charge is 0.346 e. The van der Waals surface area contributed by atoms with Crippen LogP contribution in [-0.2, 0) is 4.79 Å². The van der Waals surface area contributed by atoms with Crippen LogP contribution in [0.4, 0.5) is 5.13 Å². The van der Waals surface area contributed by atoms with E-state index in [1.165, 1.54) is 22.7 Å². The van der Waals surface area contributed by atoms with Gasteiger partial charge in [-0.1, -0.05) is 19.9 Å². The van der Waals surface area contributed by atoms with Crippen LogP contribution in [0.3, 0.4) is 0 Å². The predicted octanol–water partition coefficient (Wildman–Crippen LogP) is 3.24. The topological polar surface area (TPSA) is 84.0 Å². The molecule has 0 spiro atoms. The normalized spacial score (nSPS) is 12.0. The number of nitrogens with one attached hydrogen (secondary N) is 2. The van der Waals surface area contributed by atoms with Crippen LogP contribution < -0.4 is 10.6 Å². The van der Waals surface area contributed by atoms with Crippen molar-refractivity contribution < 1.29 is 9.59 Å². The van der Waals surface area contributed by atoms with E-state index in [1.54, 1.807) is 23.0 Å². The van der Waals surface area contributed by atoms with Crippen LogP contribution in [-0.4, -0.2) is 21.8 Å². The van der Waals surface area contributed by atoms with Gasteiger partial charge in [0, 0.05) is 23.4 Å². The summed E-state index contributed by atoms with van der Waals surface area (Å²) in [4.78, 5) is 32.3. The first-order chi connectivity index (χ1) is 11.0. The number of hydrogen-bond acceptors (Lipinski definition) is 6. The summed E-state index contributed by atoms with van der Waals surface area (Å²) in [7, 11) is 0. The highest BCUT2D eigenvalue weighted by Crippen LogP contribution is 2.25. The van der Waals surface area contributed by atoms with Crippen molar-refractivity contribution >= 4 is 39.6 Å². The van der Waals surface area contributed by atoms with Gasteiger partial charge in [-0.2, -0.15) is 0 Å². The van der Waals surface area contributed by atoms with Crippen molar-refractivity contribution in [2.75, 3.05) is 5.32 Å². The summed E-state index contributed by atoms with van der Waals surface area (Å²) < 4.78 is 0. The Kier molecular flexibility index (Phi) is 6.00. The molecule has 1 atom stereocenters. The lowest BCUT2D eigenvalue weighted by atomic mass is 10.1. The number of rotatable bonds is 7. The molecule has 122 valence electrons. The Bertz CT molecular complexity index is 679. The van der Waals surface area contributed by atoms with Crippen molar-refractivity contribution in [2.45, 2.75) is 26.3 Å². The lowest BCUT2D eigenvalue weighted by molar-refractivity contribution is -0.121. The maximum atomic E-state index is 12.1. The predicted molar refractivity (Wildman–Crippen MR) is 92.7 cm³/mol. The molecule has 0 saturated heterocycles. The van der Waals surface area contributed by atoms with Gasteiger partial charge < -0.3 is 5.32 Å². The minimum Gasteiger partial charge on any atom is -0.346 e. The van der Waals surface area contributed by atoms with Gasteiger partial charge in [-0.3, -0.25) is 14.9 Å². The summed E-state index contributed by atoms with van der Waals surface area (Å²) in [6, 6.07) is -0.228. The van der Waals surface area contributed by atoms with Crippen molar-refractivity contribution in [1.82, 2.24) is 15.3 Å². The van der Waals surface area contributed by atoms with Gasteiger partial charge in [0.25, 0.3) is 5.91 Å². The molecule has 0 aromatic carbocycles. The highest BCUT2D eigenvalue weighted by atomic mass is 32.1. The van der Waals surface area contributed by atoms with E-state index in [1.807, 2.05) is 13.8 Å². The number of carbonyl (C=O) groups excluding carboxylic acids is 2. The minimum atomic E-state index is -0.303. The second kappa shape index (κ2) is 7.98. The number of hydrogen-bond donors (Lipinski definition) is 2. The van der Waals surface area contributed by atoms with Crippen molar-refractivity contribution in [1.29, 1.82) is 0 Å². The average molecular weight is 350 g/mol. The van der Waals surface area contributed by atoms with Gasteiger partial charge in [-0.25, -0.2) is 9.97 Å². The summed E-state index contributed by atoms with van der Waals surface area (Å²) in [6.45, 7) is 7.55. The molecular weight excluding hydrogens is 332 g/mol. The first-order valence-corrected chi connectivity index (χ1v) is 8.83. The molecule has 2 N–H and O–H groups in total. The molecule has 0 aliphatic rings. The fourth-order valence-electron chi connectivity index (χ4n) is 1.86. The van der Waals surface area contributed by atoms with Gasteiger partial charge in [-0.05, 0) is 5.92 Å². The molecule has 2 heterocycles. The molecule has 8 heteroatoms. The highest BCUT2D eigenvalue weighted by Gasteiger charge is 2.22. The summed E-state index contributed by atoms with van der Waals surface area (Å²) >= 11 is 2.70. The average Bonchev–Trinajstić information content (AvgIpc) is 3.15. The molecule has 0 aliphatic heterocycles. The van der Waals surface area contributed by atoms with Gasteiger partial charge in [0.1, 0.15) is 10.7 Å². The number of nitrogens with zero attached hydrogens (tertiary/aromatic N) is 2. The zero-order chi connectivity index (χ0) is 16.8. The molecule has 2 rings (SSSR count). The molecule has 2 aromatic heterocycles. The molecule has 1 unspecified atom stereocenters. The van der Waals surface area contributed by atoms with Crippen molar-refractivity contribution in [2.24, 2.45) is 5.92 Å². The van der Waals surface area contributed by atoms with E-state index in [0.29, 0.717) is 15.8 Å². The van der Waals surface area contributed by atoms with E-state index < -0.39 is 0 Å². The van der Waals surface area contributed by atoms with Crippen LogP contribution in [0.15, 0.2) is 29.6 Å². The molecule has 0 bridgehead atoms. The second-order valence-electron chi connectivity index (χ2n) is 5.14. The van der Waals surface area contributed by atoms with Crippen LogP contribution >= 0.6 is 22.7 Å². The van der Waals surface area contributed by atoms with Crippen molar-refractivity contribution in [3.63, 3.8) is 0 Å². The van der Waals surface area contributed by atoms with Crippen LogP contribution in [0.1, 0.15) is 41.8 Å². The summed E-state index contributed by atoms with van der Waals surface area (Å²) in [5.41, 5.74) is 0.323. The van der Waals surface area contributed by atoms with Crippen LogP contribution in [0, 0.1) is 5.92 Å². The third-order valence-corrected chi connectivity index (χ3v) is 4.60. The fraction of sp³-hybridized carbons (Fsp3) is 0.333. The molecule has 0 aliphatic carbocycles. The lowest BCUT2D eigenvalue weighted by Gasteiger charge is -2.19. The molecule has 2 aromatic rings.